The van der Waals surface area contributed by atoms with E-state index in [1.807, 2.05) is 4.90 Å². The normalized spacial score (nSPS) is 19.4. The Kier molecular flexibility index (Phi) is 6.69. The van der Waals surface area contributed by atoms with Gasteiger partial charge in [0.05, 0.1) is 41.6 Å². The summed E-state index contributed by atoms with van der Waals surface area (Å²) in [5.41, 5.74) is -0.720. The van der Waals surface area contributed by atoms with E-state index in [2.05, 4.69) is 4.72 Å². The lowest BCUT2D eigenvalue weighted by Gasteiger charge is -2.29. The highest BCUT2D eigenvalue weighted by Gasteiger charge is 2.38. The predicted molar refractivity (Wildman–Crippen MR) is 114 cm³/mol. The lowest BCUT2D eigenvalue weighted by Crippen LogP contribution is -2.37. The number of sulfonamides is 1. The molecule has 0 aromatic heterocycles. The molecular weight excluding hydrogens is 482 g/mol. The maximum Gasteiger partial charge on any atom is 0.417 e. The van der Waals surface area contributed by atoms with Crippen LogP contribution in [0.2, 0.25) is 0 Å². The van der Waals surface area contributed by atoms with Gasteiger partial charge in [-0.1, -0.05) is 12.1 Å². The summed E-state index contributed by atoms with van der Waals surface area (Å²) in [5, 5.41) is 0. The first-order chi connectivity index (χ1) is 16.1. The lowest BCUT2D eigenvalue weighted by atomic mass is 10.2. The number of carbonyl (C=O) groups excluding carboxylic acids is 1. The summed E-state index contributed by atoms with van der Waals surface area (Å²) in [4.78, 5) is 14.3. The number of benzene rings is 2. The molecule has 0 radical (unpaired) electrons. The Morgan fingerprint density at radius 3 is 2.47 bits per heavy atom. The number of anilines is 2. The van der Waals surface area contributed by atoms with E-state index in [4.69, 9.17) is 9.47 Å². The van der Waals surface area contributed by atoms with E-state index in [1.54, 1.807) is 6.07 Å². The number of rotatable bonds is 6. The van der Waals surface area contributed by atoms with Crippen molar-refractivity contribution >= 4 is 27.5 Å². The molecule has 13 heteroatoms. The highest BCUT2D eigenvalue weighted by Crippen LogP contribution is 2.34. The van der Waals surface area contributed by atoms with Gasteiger partial charge in [-0.25, -0.2) is 22.3 Å². The van der Waals surface area contributed by atoms with Crippen LogP contribution in [0.1, 0.15) is 5.56 Å². The molecular formula is C21H21F4N3O5S. The SMILES string of the molecule is O=C1OC(CNS(=O)(=O)c2ccccc2C(F)(F)F)CN1c1ccc(N2CCOCC2)c(F)c1. The lowest BCUT2D eigenvalue weighted by molar-refractivity contribution is -0.139. The molecule has 2 heterocycles. The summed E-state index contributed by atoms with van der Waals surface area (Å²) in [6.45, 7) is 1.45. The zero-order valence-electron chi connectivity index (χ0n) is 17.7. The minimum atomic E-state index is -4.86. The molecule has 34 heavy (non-hydrogen) atoms. The molecule has 0 spiro atoms. The van der Waals surface area contributed by atoms with Crippen molar-refractivity contribution in [2.45, 2.75) is 17.2 Å². The van der Waals surface area contributed by atoms with Crippen molar-refractivity contribution < 1.29 is 40.2 Å². The van der Waals surface area contributed by atoms with Crippen molar-refractivity contribution in [1.82, 2.24) is 4.72 Å². The second kappa shape index (κ2) is 9.39. The number of amides is 1. The van der Waals surface area contributed by atoms with Gasteiger partial charge in [0.1, 0.15) is 11.9 Å². The fourth-order valence-corrected chi connectivity index (χ4v) is 5.07. The average molecular weight is 503 g/mol. The second-order valence-corrected chi connectivity index (χ2v) is 9.43. The van der Waals surface area contributed by atoms with Crippen molar-refractivity contribution in [3.05, 3.63) is 53.8 Å². The van der Waals surface area contributed by atoms with Crippen LogP contribution in [0, 0.1) is 5.82 Å². The highest BCUT2D eigenvalue weighted by molar-refractivity contribution is 7.89. The largest absolute Gasteiger partial charge is 0.443 e. The number of halogens is 4. The van der Waals surface area contributed by atoms with Gasteiger partial charge in [0.2, 0.25) is 10.0 Å². The molecule has 2 aliphatic heterocycles. The fourth-order valence-electron chi connectivity index (χ4n) is 3.78. The summed E-state index contributed by atoms with van der Waals surface area (Å²) < 4.78 is 91.7. The smallest absolute Gasteiger partial charge is 0.417 e. The van der Waals surface area contributed by atoms with Crippen molar-refractivity contribution in [3.63, 3.8) is 0 Å². The maximum absolute atomic E-state index is 14.7. The van der Waals surface area contributed by atoms with Crippen LogP contribution in [0.5, 0.6) is 0 Å². The van der Waals surface area contributed by atoms with Crippen molar-refractivity contribution in [2.75, 3.05) is 49.2 Å². The standard InChI is InChI=1S/C21H21F4N3O5S/c22-17-11-14(5-6-18(17)27-7-9-32-10-8-27)28-13-15(33-20(28)29)12-26-34(30,31)19-4-2-1-3-16(19)21(23,24)25/h1-6,11,15,26H,7-10,12-13H2. The van der Waals surface area contributed by atoms with E-state index in [1.165, 1.54) is 18.2 Å². The molecule has 2 aromatic rings. The third-order valence-corrected chi connectivity index (χ3v) is 6.93. The van der Waals surface area contributed by atoms with Crippen LogP contribution in [-0.4, -0.2) is 60.0 Å². The first-order valence-electron chi connectivity index (χ1n) is 10.3. The molecule has 2 fully saturated rings. The minimum Gasteiger partial charge on any atom is -0.443 e. The van der Waals surface area contributed by atoms with Crippen LogP contribution in [-0.2, 0) is 25.7 Å². The first kappa shape index (κ1) is 24.2. The molecule has 1 amide bonds. The zero-order chi connectivity index (χ0) is 24.5. The number of hydrogen-bond donors (Lipinski definition) is 1. The molecule has 1 atom stereocenters. The van der Waals surface area contributed by atoms with Crippen molar-refractivity contribution in [3.8, 4) is 0 Å². The summed E-state index contributed by atoms with van der Waals surface area (Å²) in [5.74, 6) is -0.542. The Morgan fingerprint density at radius 1 is 1.09 bits per heavy atom. The van der Waals surface area contributed by atoms with Gasteiger partial charge in [0.15, 0.2) is 0 Å². The Morgan fingerprint density at radius 2 is 1.79 bits per heavy atom. The number of cyclic esters (lactones) is 1. The third kappa shape index (κ3) is 5.10. The van der Waals surface area contributed by atoms with Crippen LogP contribution in [0.15, 0.2) is 47.4 Å². The molecule has 2 saturated heterocycles. The van der Waals surface area contributed by atoms with Crippen LogP contribution in [0.25, 0.3) is 0 Å². The number of nitrogens with one attached hydrogen (secondary N) is 1. The van der Waals surface area contributed by atoms with Crippen LogP contribution < -0.4 is 14.5 Å². The van der Waals surface area contributed by atoms with Gasteiger partial charge in [-0.2, -0.15) is 13.2 Å². The Hall–Kier alpha value is -2.90. The average Bonchev–Trinajstić information content (AvgIpc) is 3.18. The monoisotopic (exact) mass is 503 g/mol. The van der Waals surface area contributed by atoms with E-state index in [0.29, 0.717) is 38.1 Å². The molecule has 0 bridgehead atoms. The number of carbonyl (C=O) groups is 1. The molecule has 1 unspecified atom stereocenters. The van der Waals surface area contributed by atoms with Gasteiger partial charge in [-0.3, -0.25) is 4.90 Å². The molecule has 8 nitrogen and oxygen atoms in total. The predicted octanol–water partition coefficient (Wildman–Crippen LogP) is 2.98. The molecule has 0 aliphatic carbocycles. The number of nitrogens with zero attached hydrogens (tertiary/aromatic N) is 2. The van der Waals surface area contributed by atoms with Gasteiger partial charge in [0.25, 0.3) is 0 Å². The van der Waals surface area contributed by atoms with E-state index in [9.17, 15) is 30.8 Å². The van der Waals surface area contributed by atoms with Gasteiger partial charge in [0, 0.05) is 19.6 Å². The Bertz CT molecular complexity index is 1170. The van der Waals surface area contributed by atoms with Crippen LogP contribution in [0.3, 0.4) is 0 Å². The summed E-state index contributed by atoms with van der Waals surface area (Å²) in [7, 11) is -4.54. The molecule has 184 valence electrons. The molecule has 4 rings (SSSR count). The minimum absolute atomic E-state index is 0.112. The van der Waals surface area contributed by atoms with Gasteiger partial charge in [-0.15, -0.1) is 0 Å². The second-order valence-electron chi connectivity index (χ2n) is 7.70. The van der Waals surface area contributed by atoms with Crippen LogP contribution >= 0.6 is 0 Å². The van der Waals surface area contributed by atoms with Crippen molar-refractivity contribution in [1.29, 1.82) is 0 Å². The number of morpholine rings is 1. The van der Waals surface area contributed by atoms with E-state index in [0.717, 1.165) is 17.0 Å². The number of hydrogen-bond acceptors (Lipinski definition) is 6. The quantitative estimate of drug-likeness (QED) is 0.610. The Labute approximate surface area is 193 Å². The summed E-state index contributed by atoms with van der Waals surface area (Å²) >= 11 is 0. The Balaban J connectivity index is 1.43. The van der Waals surface area contributed by atoms with Gasteiger partial charge < -0.3 is 14.4 Å². The first-order valence-corrected chi connectivity index (χ1v) is 11.8. The summed E-state index contributed by atoms with van der Waals surface area (Å²) in [6, 6.07) is 8.03. The molecule has 2 aliphatic rings. The van der Waals surface area contributed by atoms with Crippen LogP contribution in [0.4, 0.5) is 33.7 Å². The molecule has 0 saturated carbocycles. The maximum atomic E-state index is 14.7. The topological polar surface area (TPSA) is 88.2 Å². The van der Waals surface area contributed by atoms with Gasteiger partial charge in [-0.05, 0) is 30.3 Å². The fraction of sp³-hybridized carbons (Fsp3) is 0.381. The third-order valence-electron chi connectivity index (χ3n) is 5.45. The van der Waals surface area contributed by atoms with E-state index in [-0.39, 0.29) is 12.2 Å². The van der Waals surface area contributed by atoms with Crippen molar-refractivity contribution in [2.24, 2.45) is 0 Å². The molecule has 1 N–H and O–H groups in total. The number of alkyl halides is 3. The highest BCUT2D eigenvalue weighted by atomic mass is 32.2. The van der Waals surface area contributed by atoms with E-state index < -0.39 is 51.2 Å². The number of ether oxygens (including phenoxy) is 2. The zero-order valence-corrected chi connectivity index (χ0v) is 18.5. The molecule has 2 aromatic carbocycles. The van der Waals surface area contributed by atoms with Gasteiger partial charge >= 0.3 is 12.3 Å². The van der Waals surface area contributed by atoms with E-state index >= 15 is 0 Å². The summed E-state index contributed by atoms with van der Waals surface area (Å²) in [6.07, 6.45) is -6.67.